The first-order chi connectivity index (χ1) is 14.4. The van der Waals surface area contributed by atoms with Crippen LogP contribution in [0.25, 0.3) is 0 Å². The number of hydrogen-bond donors (Lipinski definition) is 0. The van der Waals surface area contributed by atoms with Crippen molar-refractivity contribution in [3.8, 4) is 0 Å². The molecule has 0 unspecified atom stereocenters. The van der Waals surface area contributed by atoms with E-state index in [9.17, 15) is 17.6 Å². The molecule has 0 atom stereocenters. The minimum atomic E-state index is -1.34. The highest BCUT2D eigenvalue weighted by Gasteiger charge is 2.28. The molecule has 162 valence electrons. The second-order valence-corrected chi connectivity index (χ2v) is 7.57. The number of benzene rings is 1. The normalized spacial score (nSPS) is 11.4. The van der Waals surface area contributed by atoms with Crippen molar-refractivity contribution in [2.45, 2.75) is 65.7 Å². The van der Waals surface area contributed by atoms with Crippen LogP contribution >= 0.6 is 0 Å². The molecule has 0 radical (unpaired) electrons. The molecule has 3 rings (SSSR count). The van der Waals surface area contributed by atoms with Crippen molar-refractivity contribution in [2.75, 3.05) is 0 Å². The maximum atomic E-state index is 14.7. The number of hydrogen-bond acceptors (Lipinski definition) is 0. The van der Waals surface area contributed by atoms with Crippen LogP contribution in [0.5, 0.6) is 0 Å². The van der Waals surface area contributed by atoms with Crippen molar-refractivity contribution in [1.29, 1.82) is 0 Å². The Kier molecular flexibility index (Phi) is 7.29. The van der Waals surface area contributed by atoms with Crippen molar-refractivity contribution < 1.29 is 26.7 Å². The Morgan fingerprint density at radius 2 is 1.03 bits per heavy atom. The summed E-state index contributed by atoms with van der Waals surface area (Å²) in [5, 5.41) is 0. The molecule has 0 N–H and O–H groups in total. The number of aryl methyl sites for hydroxylation is 2. The fourth-order valence-electron chi connectivity index (χ4n) is 3.38. The van der Waals surface area contributed by atoms with E-state index < -0.39 is 34.4 Å². The molecule has 1 aromatic carbocycles. The summed E-state index contributed by atoms with van der Waals surface area (Å²) in [6.45, 7) is 5.09. The van der Waals surface area contributed by atoms with Gasteiger partial charge in [-0.15, -0.1) is 0 Å². The van der Waals surface area contributed by atoms with Crippen LogP contribution in [-0.4, -0.2) is 9.13 Å². The smallest absolute Gasteiger partial charge is 0.237 e. The number of halogens is 4. The van der Waals surface area contributed by atoms with E-state index in [2.05, 4.69) is 13.8 Å². The van der Waals surface area contributed by atoms with Crippen LogP contribution in [0.2, 0.25) is 0 Å². The van der Waals surface area contributed by atoms with Gasteiger partial charge in [0, 0.05) is 0 Å². The summed E-state index contributed by atoms with van der Waals surface area (Å²) in [6.07, 6.45) is 14.1. The SMILES string of the molecule is CCCCn1cc[n+](Cc2c(F)c(F)c(C[n+]3ccn(CCCC)c3)c(F)c2F)c1. The Bertz CT molecular complexity index is 885. The molecule has 2 heterocycles. The van der Waals surface area contributed by atoms with E-state index >= 15 is 0 Å². The minimum absolute atomic E-state index is 0.286. The highest BCUT2D eigenvalue weighted by molar-refractivity contribution is 5.29. The lowest BCUT2D eigenvalue weighted by atomic mass is 10.1. The van der Waals surface area contributed by atoms with Crippen molar-refractivity contribution in [1.82, 2.24) is 9.13 Å². The maximum Gasteiger partial charge on any atom is 0.244 e. The Hall–Kier alpha value is -2.64. The minimum Gasteiger partial charge on any atom is -0.237 e. The molecule has 0 fully saturated rings. The lowest BCUT2D eigenvalue weighted by Gasteiger charge is -2.10. The molecule has 8 heteroatoms. The largest absolute Gasteiger partial charge is 0.244 e. The Morgan fingerprint density at radius 1 is 0.667 bits per heavy atom. The molecule has 0 saturated heterocycles. The molecule has 2 aromatic heterocycles. The van der Waals surface area contributed by atoms with Crippen molar-refractivity contribution in [3.63, 3.8) is 0 Å². The third-order valence-corrected chi connectivity index (χ3v) is 5.16. The summed E-state index contributed by atoms with van der Waals surface area (Å²) in [4.78, 5) is 0. The van der Waals surface area contributed by atoms with Crippen molar-refractivity contribution in [3.05, 3.63) is 71.8 Å². The van der Waals surface area contributed by atoms with E-state index in [0.717, 1.165) is 38.8 Å². The van der Waals surface area contributed by atoms with Crippen LogP contribution in [0.15, 0.2) is 37.4 Å². The summed E-state index contributed by atoms with van der Waals surface area (Å²) in [6, 6.07) is 0. The zero-order valence-electron chi connectivity index (χ0n) is 17.4. The van der Waals surface area contributed by atoms with Crippen molar-refractivity contribution in [2.24, 2.45) is 0 Å². The molecule has 0 bridgehead atoms. The molecule has 0 amide bonds. The van der Waals surface area contributed by atoms with Gasteiger partial charge in [-0.2, -0.15) is 0 Å². The summed E-state index contributed by atoms with van der Waals surface area (Å²) in [5.41, 5.74) is -1.23. The van der Waals surface area contributed by atoms with E-state index in [-0.39, 0.29) is 13.1 Å². The van der Waals surface area contributed by atoms with Gasteiger partial charge in [-0.25, -0.2) is 35.8 Å². The summed E-state index contributed by atoms with van der Waals surface area (Å²) < 4.78 is 65.4. The van der Waals surface area contributed by atoms with E-state index in [4.69, 9.17) is 0 Å². The molecule has 0 aliphatic heterocycles. The van der Waals surface area contributed by atoms with Crippen LogP contribution in [0.4, 0.5) is 17.6 Å². The third kappa shape index (κ3) is 4.91. The predicted molar refractivity (Wildman–Crippen MR) is 104 cm³/mol. The number of nitrogens with zero attached hydrogens (tertiary/aromatic N) is 4. The van der Waals surface area contributed by atoms with E-state index in [1.165, 1.54) is 9.13 Å². The number of aromatic nitrogens is 4. The van der Waals surface area contributed by atoms with Gasteiger partial charge in [0.2, 0.25) is 12.7 Å². The molecule has 0 aliphatic carbocycles. The summed E-state index contributed by atoms with van der Waals surface area (Å²) in [5.74, 6) is -5.38. The quantitative estimate of drug-likeness (QED) is 0.265. The lowest BCUT2D eigenvalue weighted by molar-refractivity contribution is -0.689. The zero-order chi connectivity index (χ0) is 21.7. The Morgan fingerprint density at radius 3 is 1.37 bits per heavy atom. The Labute approximate surface area is 174 Å². The van der Waals surface area contributed by atoms with Gasteiger partial charge in [-0.3, -0.25) is 0 Å². The molecule has 4 nitrogen and oxygen atoms in total. The monoisotopic (exact) mass is 424 g/mol. The van der Waals surface area contributed by atoms with Gasteiger partial charge in [-0.05, 0) is 12.8 Å². The Balaban J connectivity index is 1.82. The van der Waals surface area contributed by atoms with Crippen LogP contribution in [0, 0.1) is 23.3 Å². The fourth-order valence-corrected chi connectivity index (χ4v) is 3.38. The molecule has 0 aliphatic rings. The maximum absolute atomic E-state index is 14.7. The molecule has 3 aromatic rings. The second-order valence-electron chi connectivity index (χ2n) is 7.57. The van der Waals surface area contributed by atoms with Gasteiger partial charge in [0.1, 0.15) is 37.9 Å². The molecular weight excluding hydrogens is 396 g/mol. The van der Waals surface area contributed by atoms with E-state index in [0.29, 0.717) is 0 Å². The van der Waals surface area contributed by atoms with Crippen LogP contribution < -0.4 is 9.13 Å². The number of rotatable bonds is 10. The van der Waals surface area contributed by atoms with Gasteiger partial charge in [0.05, 0.1) is 24.2 Å². The fraction of sp³-hybridized carbons (Fsp3) is 0.455. The molecule has 30 heavy (non-hydrogen) atoms. The van der Waals surface area contributed by atoms with Gasteiger partial charge in [0.15, 0.2) is 23.3 Å². The topological polar surface area (TPSA) is 17.6 Å². The second kappa shape index (κ2) is 9.91. The highest BCUT2D eigenvalue weighted by Crippen LogP contribution is 2.24. The van der Waals surface area contributed by atoms with Crippen LogP contribution in [0.1, 0.15) is 50.7 Å². The zero-order valence-corrected chi connectivity index (χ0v) is 17.4. The first kappa shape index (κ1) is 22.1. The average Bonchev–Trinajstić information content (AvgIpc) is 3.39. The average molecular weight is 424 g/mol. The molecular formula is C22H28F4N4+2. The standard InChI is InChI=1S/C22H28F4N4/c1-3-5-7-27-9-11-29(15-27)13-17-19(23)21(25)18(22(26)20(17)24)14-30-12-10-28(16-30)8-6-4-2/h9-12,15-16H,3-8,13-14H2,1-2H3/q+2. The highest BCUT2D eigenvalue weighted by atomic mass is 19.2. The molecule has 0 saturated carbocycles. The van der Waals surface area contributed by atoms with Gasteiger partial charge in [-0.1, -0.05) is 26.7 Å². The van der Waals surface area contributed by atoms with Gasteiger partial charge in [0.25, 0.3) is 0 Å². The van der Waals surface area contributed by atoms with Crippen LogP contribution in [-0.2, 0) is 26.2 Å². The lowest BCUT2D eigenvalue weighted by Crippen LogP contribution is -2.35. The van der Waals surface area contributed by atoms with E-state index in [1.807, 2.05) is 9.13 Å². The number of imidazole rings is 2. The van der Waals surface area contributed by atoms with E-state index in [1.54, 1.807) is 37.4 Å². The van der Waals surface area contributed by atoms with Crippen LogP contribution in [0.3, 0.4) is 0 Å². The number of unbranched alkanes of at least 4 members (excludes halogenated alkanes) is 2. The predicted octanol–water partition coefficient (Wildman–Crippen LogP) is 4.12. The first-order valence-corrected chi connectivity index (χ1v) is 10.4. The third-order valence-electron chi connectivity index (χ3n) is 5.16. The molecule has 0 spiro atoms. The van der Waals surface area contributed by atoms with Gasteiger partial charge < -0.3 is 0 Å². The summed E-state index contributed by atoms with van der Waals surface area (Å²) in [7, 11) is 0. The summed E-state index contributed by atoms with van der Waals surface area (Å²) >= 11 is 0. The first-order valence-electron chi connectivity index (χ1n) is 10.4. The van der Waals surface area contributed by atoms with Gasteiger partial charge >= 0.3 is 0 Å². The van der Waals surface area contributed by atoms with Crippen molar-refractivity contribution >= 4 is 0 Å².